The highest BCUT2D eigenvalue weighted by Gasteiger charge is 2.04. The lowest BCUT2D eigenvalue weighted by Crippen LogP contribution is -2.19. The first-order chi connectivity index (χ1) is 7.77. The molecule has 0 aliphatic rings. The maximum atomic E-state index is 8.79. The Morgan fingerprint density at radius 3 is 2.94 bits per heavy atom. The number of aliphatic hydroxyl groups is 1. The minimum Gasteiger partial charge on any atom is -0.396 e. The van der Waals surface area contributed by atoms with Gasteiger partial charge in [0, 0.05) is 16.7 Å². The van der Waals surface area contributed by atoms with E-state index in [0.29, 0.717) is 6.04 Å². The first-order valence-electron chi connectivity index (χ1n) is 5.85. The van der Waals surface area contributed by atoms with Crippen molar-refractivity contribution in [3.8, 4) is 0 Å². The SMILES string of the molecule is CCCNC(C)c1cccc(SCCO)c1. The van der Waals surface area contributed by atoms with Gasteiger partial charge >= 0.3 is 0 Å². The van der Waals surface area contributed by atoms with Crippen LogP contribution in [0.25, 0.3) is 0 Å². The highest BCUT2D eigenvalue weighted by atomic mass is 32.2. The molecule has 0 radical (unpaired) electrons. The lowest BCUT2D eigenvalue weighted by Gasteiger charge is -2.14. The molecule has 90 valence electrons. The first-order valence-corrected chi connectivity index (χ1v) is 6.83. The average Bonchev–Trinajstić information content (AvgIpc) is 2.33. The monoisotopic (exact) mass is 239 g/mol. The maximum Gasteiger partial charge on any atom is 0.0525 e. The summed E-state index contributed by atoms with van der Waals surface area (Å²) in [4.78, 5) is 1.23. The summed E-state index contributed by atoms with van der Waals surface area (Å²) in [5.41, 5.74) is 1.32. The summed E-state index contributed by atoms with van der Waals surface area (Å²) >= 11 is 1.70. The van der Waals surface area contributed by atoms with Gasteiger partial charge in [-0.15, -0.1) is 11.8 Å². The van der Waals surface area contributed by atoms with Crippen molar-refractivity contribution in [2.45, 2.75) is 31.2 Å². The van der Waals surface area contributed by atoms with Crippen LogP contribution < -0.4 is 5.32 Å². The molecule has 0 aliphatic heterocycles. The van der Waals surface area contributed by atoms with Crippen molar-refractivity contribution in [1.82, 2.24) is 5.32 Å². The van der Waals surface area contributed by atoms with Crippen LogP contribution >= 0.6 is 11.8 Å². The number of rotatable bonds is 7. The minimum absolute atomic E-state index is 0.235. The molecule has 1 aromatic rings. The van der Waals surface area contributed by atoms with Crippen LogP contribution in [0.3, 0.4) is 0 Å². The van der Waals surface area contributed by atoms with E-state index in [4.69, 9.17) is 5.11 Å². The molecule has 1 atom stereocenters. The first kappa shape index (κ1) is 13.6. The van der Waals surface area contributed by atoms with E-state index in [1.165, 1.54) is 10.5 Å². The number of aliphatic hydroxyl groups excluding tert-OH is 1. The molecule has 0 saturated heterocycles. The molecule has 3 heteroatoms. The van der Waals surface area contributed by atoms with Crippen LogP contribution in [-0.4, -0.2) is 24.0 Å². The van der Waals surface area contributed by atoms with E-state index in [0.717, 1.165) is 18.7 Å². The van der Waals surface area contributed by atoms with Gasteiger partial charge in [-0.1, -0.05) is 19.1 Å². The van der Waals surface area contributed by atoms with Crippen LogP contribution in [-0.2, 0) is 0 Å². The molecule has 1 aromatic carbocycles. The molecular weight excluding hydrogens is 218 g/mol. The fourth-order valence-electron chi connectivity index (χ4n) is 1.52. The third-order valence-corrected chi connectivity index (χ3v) is 3.39. The molecule has 0 aliphatic carbocycles. The number of benzene rings is 1. The molecular formula is C13H21NOS. The van der Waals surface area contributed by atoms with Crippen molar-refractivity contribution < 1.29 is 5.11 Å². The molecule has 0 spiro atoms. The van der Waals surface area contributed by atoms with Gasteiger partial charge in [-0.05, 0) is 37.6 Å². The lowest BCUT2D eigenvalue weighted by atomic mass is 10.1. The topological polar surface area (TPSA) is 32.3 Å². The van der Waals surface area contributed by atoms with Crippen molar-refractivity contribution >= 4 is 11.8 Å². The second kappa shape index (κ2) is 7.71. The van der Waals surface area contributed by atoms with Crippen LogP contribution in [0.2, 0.25) is 0 Å². The summed E-state index contributed by atoms with van der Waals surface area (Å²) in [5, 5.41) is 12.3. The summed E-state index contributed by atoms with van der Waals surface area (Å²) in [5.74, 6) is 0.764. The Hall–Kier alpha value is -0.510. The fourth-order valence-corrected chi connectivity index (χ4v) is 2.24. The quantitative estimate of drug-likeness (QED) is 0.718. The van der Waals surface area contributed by atoms with Crippen LogP contribution in [0.5, 0.6) is 0 Å². The zero-order valence-electron chi connectivity index (χ0n) is 10.1. The van der Waals surface area contributed by atoms with Crippen molar-refractivity contribution in [3.05, 3.63) is 29.8 Å². The van der Waals surface area contributed by atoms with Gasteiger partial charge in [0.25, 0.3) is 0 Å². The highest BCUT2D eigenvalue weighted by Crippen LogP contribution is 2.21. The lowest BCUT2D eigenvalue weighted by molar-refractivity contribution is 0.322. The predicted octanol–water partition coefficient (Wildman–Crippen LogP) is 2.83. The maximum absolute atomic E-state index is 8.79. The Morgan fingerprint density at radius 2 is 2.25 bits per heavy atom. The Bertz CT molecular complexity index is 304. The van der Waals surface area contributed by atoms with Gasteiger partial charge in [-0.3, -0.25) is 0 Å². The van der Waals surface area contributed by atoms with Crippen molar-refractivity contribution in [3.63, 3.8) is 0 Å². The standard InChI is InChI=1S/C13H21NOS/c1-3-7-14-11(2)12-5-4-6-13(10-12)16-9-8-15/h4-6,10-11,14-15H,3,7-9H2,1-2H3. The molecule has 1 rings (SSSR count). The largest absolute Gasteiger partial charge is 0.396 e. The smallest absolute Gasteiger partial charge is 0.0525 e. The minimum atomic E-state index is 0.235. The summed E-state index contributed by atoms with van der Waals surface area (Å²) < 4.78 is 0. The number of hydrogen-bond donors (Lipinski definition) is 2. The van der Waals surface area contributed by atoms with Gasteiger partial charge in [0.1, 0.15) is 0 Å². The summed E-state index contributed by atoms with van der Waals surface area (Å²) in [6, 6.07) is 8.93. The van der Waals surface area contributed by atoms with Gasteiger partial charge in [0.15, 0.2) is 0 Å². The van der Waals surface area contributed by atoms with Crippen molar-refractivity contribution in [2.75, 3.05) is 18.9 Å². The molecule has 0 fully saturated rings. The van der Waals surface area contributed by atoms with Crippen molar-refractivity contribution in [2.24, 2.45) is 0 Å². The van der Waals surface area contributed by atoms with Crippen LogP contribution in [0.4, 0.5) is 0 Å². The fraction of sp³-hybridized carbons (Fsp3) is 0.538. The molecule has 0 aromatic heterocycles. The van der Waals surface area contributed by atoms with Gasteiger partial charge in [0.05, 0.1) is 6.61 Å². The van der Waals surface area contributed by atoms with E-state index >= 15 is 0 Å². The van der Waals surface area contributed by atoms with E-state index in [9.17, 15) is 0 Å². The zero-order chi connectivity index (χ0) is 11.8. The van der Waals surface area contributed by atoms with Crippen LogP contribution in [0.15, 0.2) is 29.2 Å². The average molecular weight is 239 g/mol. The van der Waals surface area contributed by atoms with Crippen LogP contribution in [0.1, 0.15) is 31.9 Å². The molecule has 16 heavy (non-hydrogen) atoms. The molecule has 0 bridgehead atoms. The van der Waals surface area contributed by atoms with Crippen molar-refractivity contribution in [1.29, 1.82) is 0 Å². The van der Waals surface area contributed by atoms with E-state index < -0.39 is 0 Å². The van der Waals surface area contributed by atoms with Crippen LogP contribution in [0, 0.1) is 0 Å². The van der Waals surface area contributed by atoms with E-state index in [2.05, 4.69) is 43.4 Å². The second-order valence-corrected chi connectivity index (χ2v) is 4.99. The third-order valence-electron chi connectivity index (χ3n) is 2.42. The number of thioether (sulfide) groups is 1. The Kier molecular flexibility index (Phi) is 6.53. The Balaban J connectivity index is 2.58. The Morgan fingerprint density at radius 1 is 1.44 bits per heavy atom. The third kappa shape index (κ3) is 4.56. The normalized spacial score (nSPS) is 12.7. The highest BCUT2D eigenvalue weighted by molar-refractivity contribution is 7.99. The summed E-state index contributed by atoms with van der Waals surface area (Å²) in [6.45, 7) is 5.65. The van der Waals surface area contributed by atoms with E-state index in [-0.39, 0.29) is 6.61 Å². The summed E-state index contributed by atoms with van der Waals surface area (Å²) in [6.07, 6.45) is 1.16. The van der Waals surface area contributed by atoms with E-state index in [1.54, 1.807) is 11.8 Å². The molecule has 2 N–H and O–H groups in total. The number of nitrogens with one attached hydrogen (secondary N) is 1. The van der Waals surface area contributed by atoms with Gasteiger partial charge < -0.3 is 10.4 Å². The molecule has 0 saturated carbocycles. The summed E-state index contributed by atoms with van der Waals surface area (Å²) in [7, 11) is 0. The van der Waals surface area contributed by atoms with Gasteiger partial charge in [-0.25, -0.2) is 0 Å². The molecule has 0 heterocycles. The Labute approximate surface area is 102 Å². The second-order valence-electron chi connectivity index (χ2n) is 3.82. The van der Waals surface area contributed by atoms with Gasteiger partial charge in [-0.2, -0.15) is 0 Å². The van der Waals surface area contributed by atoms with Gasteiger partial charge in [0.2, 0.25) is 0 Å². The number of hydrogen-bond acceptors (Lipinski definition) is 3. The molecule has 0 amide bonds. The molecule has 1 unspecified atom stereocenters. The van der Waals surface area contributed by atoms with E-state index in [1.807, 2.05) is 0 Å². The molecule has 2 nitrogen and oxygen atoms in total. The predicted molar refractivity (Wildman–Crippen MR) is 71.0 cm³/mol. The zero-order valence-corrected chi connectivity index (χ0v) is 10.9.